The molecule has 1 fully saturated rings. The fraction of sp³-hybridized carbons (Fsp3) is 0.357. The van der Waals surface area contributed by atoms with Gasteiger partial charge in [-0.25, -0.2) is 4.68 Å². The van der Waals surface area contributed by atoms with E-state index in [1.54, 1.807) is 0 Å². The Kier molecular flexibility index (Phi) is 3.13. The molecule has 0 unspecified atom stereocenters. The number of aromatic nitrogens is 2. The zero-order valence-electron chi connectivity index (χ0n) is 11.2. The summed E-state index contributed by atoms with van der Waals surface area (Å²) >= 11 is 0. The Morgan fingerprint density at radius 3 is 2.63 bits per heavy atom. The number of hydrogen-bond donors (Lipinski definition) is 1. The SMILES string of the molecule is CN1CCN(c2cnn(-c3cccc(N)c3)c2)CC1. The summed E-state index contributed by atoms with van der Waals surface area (Å²) in [4.78, 5) is 4.72. The highest BCUT2D eigenvalue weighted by atomic mass is 15.3. The lowest BCUT2D eigenvalue weighted by molar-refractivity contribution is 0.313. The molecule has 1 saturated heterocycles. The quantitative estimate of drug-likeness (QED) is 0.822. The topological polar surface area (TPSA) is 50.3 Å². The third-order valence-corrected chi connectivity index (χ3v) is 3.57. The molecule has 2 aromatic rings. The van der Waals surface area contributed by atoms with Crippen molar-refractivity contribution < 1.29 is 0 Å². The largest absolute Gasteiger partial charge is 0.399 e. The molecular weight excluding hydrogens is 238 g/mol. The minimum atomic E-state index is 0.758. The molecule has 0 amide bonds. The standard InChI is InChI=1S/C14H19N5/c1-17-5-7-18(8-6-17)14-10-16-19(11-14)13-4-2-3-12(15)9-13/h2-4,9-11H,5-8,15H2,1H3. The van der Waals surface area contributed by atoms with Crippen LogP contribution in [0.5, 0.6) is 0 Å². The minimum absolute atomic E-state index is 0.758. The van der Waals surface area contributed by atoms with E-state index in [1.807, 2.05) is 35.1 Å². The molecular formula is C14H19N5. The highest BCUT2D eigenvalue weighted by molar-refractivity contribution is 5.50. The number of piperazine rings is 1. The fourth-order valence-electron chi connectivity index (χ4n) is 2.35. The third-order valence-electron chi connectivity index (χ3n) is 3.57. The number of hydrogen-bond acceptors (Lipinski definition) is 4. The molecule has 0 saturated carbocycles. The Bertz CT molecular complexity index is 554. The van der Waals surface area contributed by atoms with E-state index in [-0.39, 0.29) is 0 Å². The molecule has 1 aliphatic rings. The van der Waals surface area contributed by atoms with Gasteiger partial charge < -0.3 is 15.5 Å². The zero-order valence-corrected chi connectivity index (χ0v) is 11.2. The van der Waals surface area contributed by atoms with E-state index in [0.29, 0.717) is 0 Å². The van der Waals surface area contributed by atoms with Crippen LogP contribution in [-0.2, 0) is 0 Å². The van der Waals surface area contributed by atoms with E-state index in [2.05, 4.69) is 28.1 Å². The van der Waals surface area contributed by atoms with Crippen molar-refractivity contribution in [3.8, 4) is 5.69 Å². The number of benzene rings is 1. The van der Waals surface area contributed by atoms with Crippen LogP contribution in [-0.4, -0.2) is 47.9 Å². The van der Waals surface area contributed by atoms with Gasteiger partial charge in [0.25, 0.3) is 0 Å². The molecule has 0 radical (unpaired) electrons. The van der Waals surface area contributed by atoms with Gasteiger partial charge in [-0.15, -0.1) is 0 Å². The van der Waals surface area contributed by atoms with E-state index in [1.165, 1.54) is 5.69 Å². The normalized spacial score (nSPS) is 16.8. The van der Waals surface area contributed by atoms with E-state index >= 15 is 0 Å². The van der Waals surface area contributed by atoms with Gasteiger partial charge in [0, 0.05) is 31.9 Å². The van der Waals surface area contributed by atoms with Crippen molar-refractivity contribution in [3.05, 3.63) is 36.7 Å². The molecule has 2 N–H and O–H groups in total. The summed E-state index contributed by atoms with van der Waals surface area (Å²) in [6.45, 7) is 4.31. The molecule has 5 heteroatoms. The Labute approximate surface area is 113 Å². The summed E-state index contributed by atoms with van der Waals surface area (Å²) in [5.74, 6) is 0. The predicted molar refractivity (Wildman–Crippen MR) is 77.7 cm³/mol. The maximum Gasteiger partial charge on any atom is 0.0758 e. The number of nitrogen functional groups attached to an aromatic ring is 1. The first-order valence-corrected chi connectivity index (χ1v) is 6.56. The van der Waals surface area contributed by atoms with Crippen LogP contribution in [0, 0.1) is 0 Å². The summed E-state index contributed by atoms with van der Waals surface area (Å²) in [7, 11) is 2.16. The van der Waals surface area contributed by atoms with Crippen molar-refractivity contribution in [2.45, 2.75) is 0 Å². The second-order valence-corrected chi connectivity index (χ2v) is 5.03. The first kappa shape index (κ1) is 12.0. The Balaban J connectivity index is 1.80. The monoisotopic (exact) mass is 257 g/mol. The molecule has 1 aromatic carbocycles. The summed E-state index contributed by atoms with van der Waals surface area (Å²) in [5.41, 5.74) is 8.74. The van der Waals surface area contributed by atoms with Crippen molar-refractivity contribution in [1.29, 1.82) is 0 Å². The molecule has 1 aromatic heterocycles. The fourth-order valence-corrected chi connectivity index (χ4v) is 2.35. The zero-order chi connectivity index (χ0) is 13.2. The summed E-state index contributed by atoms with van der Waals surface area (Å²) in [6, 6.07) is 7.77. The van der Waals surface area contributed by atoms with E-state index in [4.69, 9.17) is 5.73 Å². The van der Waals surface area contributed by atoms with Gasteiger partial charge in [-0.3, -0.25) is 0 Å². The number of nitrogens with zero attached hydrogens (tertiary/aromatic N) is 4. The van der Waals surface area contributed by atoms with Gasteiger partial charge in [-0.1, -0.05) is 6.07 Å². The lowest BCUT2D eigenvalue weighted by atomic mass is 10.3. The molecule has 0 bridgehead atoms. The number of likely N-dealkylation sites (N-methyl/N-ethyl adjacent to an activating group) is 1. The number of nitrogens with two attached hydrogens (primary N) is 1. The van der Waals surface area contributed by atoms with Crippen molar-refractivity contribution in [1.82, 2.24) is 14.7 Å². The maximum atomic E-state index is 5.80. The first-order chi connectivity index (χ1) is 9.22. The van der Waals surface area contributed by atoms with Gasteiger partial charge in [-0.05, 0) is 25.2 Å². The van der Waals surface area contributed by atoms with Crippen LogP contribution >= 0.6 is 0 Å². The van der Waals surface area contributed by atoms with Gasteiger partial charge in [0.2, 0.25) is 0 Å². The molecule has 2 heterocycles. The molecule has 3 rings (SSSR count). The van der Waals surface area contributed by atoms with Crippen LogP contribution in [0.4, 0.5) is 11.4 Å². The van der Waals surface area contributed by atoms with E-state index in [0.717, 1.165) is 37.6 Å². The predicted octanol–water partition coefficient (Wildman–Crippen LogP) is 1.21. The van der Waals surface area contributed by atoms with Crippen LogP contribution in [0.2, 0.25) is 0 Å². The third kappa shape index (κ3) is 2.56. The Morgan fingerprint density at radius 1 is 1.11 bits per heavy atom. The van der Waals surface area contributed by atoms with Gasteiger partial charge in [0.1, 0.15) is 0 Å². The van der Waals surface area contributed by atoms with Gasteiger partial charge in [-0.2, -0.15) is 5.10 Å². The number of rotatable bonds is 2. The van der Waals surface area contributed by atoms with Crippen molar-refractivity contribution in [3.63, 3.8) is 0 Å². The van der Waals surface area contributed by atoms with Gasteiger partial charge >= 0.3 is 0 Å². The smallest absolute Gasteiger partial charge is 0.0758 e. The lowest BCUT2D eigenvalue weighted by Crippen LogP contribution is -2.44. The van der Waals surface area contributed by atoms with Crippen molar-refractivity contribution in [2.24, 2.45) is 0 Å². The molecule has 0 spiro atoms. The van der Waals surface area contributed by atoms with Gasteiger partial charge in [0.15, 0.2) is 0 Å². The molecule has 0 aliphatic carbocycles. The van der Waals surface area contributed by atoms with E-state index in [9.17, 15) is 0 Å². The van der Waals surface area contributed by atoms with Crippen LogP contribution in [0.1, 0.15) is 0 Å². The van der Waals surface area contributed by atoms with Crippen LogP contribution in [0.15, 0.2) is 36.7 Å². The minimum Gasteiger partial charge on any atom is -0.399 e. The Hall–Kier alpha value is -2.01. The summed E-state index contributed by atoms with van der Waals surface area (Å²) in [6.07, 6.45) is 3.99. The van der Waals surface area contributed by atoms with Crippen LogP contribution in [0.3, 0.4) is 0 Å². The number of anilines is 2. The highest BCUT2D eigenvalue weighted by Gasteiger charge is 2.15. The second kappa shape index (κ2) is 4.93. The van der Waals surface area contributed by atoms with Gasteiger partial charge in [0.05, 0.1) is 23.8 Å². The average Bonchev–Trinajstić information content (AvgIpc) is 2.89. The molecule has 1 aliphatic heterocycles. The molecule has 5 nitrogen and oxygen atoms in total. The van der Waals surface area contributed by atoms with Crippen molar-refractivity contribution >= 4 is 11.4 Å². The molecule has 0 atom stereocenters. The average molecular weight is 257 g/mol. The summed E-state index contributed by atoms with van der Waals surface area (Å²) < 4.78 is 1.88. The first-order valence-electron chi connectivity index (χ1n) is 6.56. The highest BCUT2D eigenvalue weighted by Crippen LogP contribution is 2.18. The maximum absolute atomic E-state index is 5.80. The molecule has 100 valence electrons. The van der Waals surface area contributed by atoms with E-state index < -0.39 is 0 Å². The van der Waals surface area contributed by atoms with Crippen LogP contribution < -0.4 is 10.6 Å². The van der Waals surface area contributed by atoms with Crippen LogP contribution in [0.25, 0.3) is 5.69 Å². The lowest BCUT2D eigenvalue weighted by Gasteiger charge is -2.32. The van der Waals surface area contributed by atoms with Crippen molar-refractivity contribution in [2.75, 3.05) is 43.9 Å². The Morgan fingerprint density at radius 2 is 1.89 bits per heavy atom. The summed E-state index contributed by atoms with van der Waals surface area (Å²) in [5, 5.41) is 4.43. The molecule has 19 heavy (non-hydrogen) atoms. The second-order valence-electron chi connectivity index (χ2n) is 5.03.